The van der Waals surface area contributed by atoms with Crippen molar-refractivity contribution in [1.29, 1.82) is 0 Å². The second-order valence-electron chi connectivity index (χ2n) is 11.2. The summed E-state index contributed by atoms with van der Waals surface area (Å²) in [6, 6.07) is 0.798. The Bertz CT molecular complexity index is 936. The van der Waals surface area contributed by atoms with E-state index in [0.29, 0.717) is 5.92 Å². The number of nitrogens with zero attached hydrogens (tertiary/aromatic N) is 1. The van der Waals surface area contributed by atoms with E-state index in [1.807, 2.05) is 34.6 Å². The zero-order valence-electron chi connectivity index (χ0n) is 21.5. The Morgan fingerprint density at radius 1 is 1.09 bits per heavy atom. The molecule has 1 heterocycles. The predicted octanol–water partition coefficient (Wildman–Crippen LogP) is 3.63. The van der Waals surface area contributed by atoms with E-state index >= 15 is 0 Å². The highest BCUT2D eigenvalue weighted by atomic mass is 16.2. The quantitative estimate of drug-likeness (QED) is 0.333. The highest BCUT2D eigenvalue weighted by Gasteiger charge is 2.37. The zero-order chi connectivity index (χ0) is 25.8. The number of hydrogen-bond acceptors (Lipinski definition) is 6. The van der Waals surface area contributed by atoms with E-state index in [9.17, 15) is 24.0 Å². The second kappa shape index (κ2) is 11.2. The van der Waals surface area contributed by atoms with Crippen LogP contribution >= 0.6 is 0 Å². The van der Waals surface area contributed by atoms with Gasteiger partial charge >= 0.3 is 0 Å². The molecule has 0 spiro atoms. The van der Waals surface area contributed by atoms with Crippen molar-refractivity contribution in [3.8, 4) is 0 Å². The largest absolute Gasteiger partial charge is 0.346 e. The number of Topliss-reactive ketones (excluding diaryl/α,β-unsaturated/α-hetero) is 4. The molecule has 0 bridgehead atoms. The monoisotopic (exact) mass is 473 g/mol. The Morgan fingerprint density at radius 2 is 1.71 bits per heavy atom. The standard InChI is InChI=1S/C26H39N3O5/c1-14(2)18(24(33)23(32)11-17-8-9-17)12-21(30)16(4)27-25(34)19(26(5,6)7)13-22(31)20-10-15(3)28-29-20/h10,14,16-19H,8-9,11-13H2,1-7H3,(H,27,34)(H,28,29)/t16-,18-,19+/m0/s1. The molecule has 1 aromatic heterocycles. The lowest BCUT2D eigenvalue weighted by molar-refractivity contribution is -0.141. The molecule has 8 nitrogen and oxygen atoms in total. The highest BCUT2D eigenvalue weighted by molar-refractivity contribution is 6.38. The first-order valence-electron chi connectivity index (χ1n) is 12.2. The molecule has 1 fully saturated rings. The topological polar surface area (TPSA) is 126 Å². The van der Waals surface area contributed by atoms with Crippen LogP contribution in [0, 0.1) is 36.0 Å². The second-order valence-corrected chi connectivity index (χ2v) is 11.2. The number of carbonyl (C=O) groups is 5. The molecular weight excluding hydrogens is 434 g/mol. The fourth-order valence-electron chi connectivity index (χ4n) is 3.95. The summed E-state index contributed by atoms with van der Waals surface area (Å²) in [6.45, 7) is 12.6. The molecule has 3 atom stereocenters. The first-order chi connectivity index (χ1) is 15.7. The van der Waals surface area contributed by atoms with Crippen LogP contribution < -0.4 is 5.32 Å². The summed E-state index contributed by atoms with van der Waals surface area (Å²) < 4.78 is 0. The van der Waals surface area contributed by atoms with Gasteiger partial charge in [-0.1, -0.05) is 34.6 Å². The maximum atomic E-state index is 13.1. The fraction of sp³-hybridized carbons (Fsp3) is 0.692. The SMILES string of the molecule is Cc1cc(C(=O)C[C@H](C(=O)N[C@@H](C)C(=O)C[C@H](C(=O)C(=O)CC2CC2)C(C)C)C(C)(C)C)n[nH]1. The predicted molar refractivity (Wildman–Crippen MR) is 128 cm³/mol. The number of aromatic amines is 1. The molecule has 0 aliphatic heterocycles. The van der Waals surface area contributed by atoms with Gasteiger partial charge in [0.05, 0.1) is 12.0 Å². The lowest BCUT2D eigenvalue weighted by Gasteiger charge is -2.30. The molecule has 0 radical (unpaired) electrons. The first kappa shape index (κ1) is 27.6. The third kappa shape index (κ3) is 7.71. The fourth-order valence-corrected chi connectivity index (χ4v) is 3.95. The van der Waals surface area contributed by atoms with Crippen LogP contribution in [0.2, 0.25) is 0 Å². The van der Waals surface area contributed by atoms with Crippen LogP contribution in [0.4, 0.5) is 0 Å². The van der Waals surface area contributed by atoms with Gasteiger partial charge in [0.25, 0.3) is 0 Å². The summed E-state index contributed by atoms with van der Waals surface area (Å²) in [5.74, 6) is -3.06. The molecule has 34 heavy (non-hydrogen) atoms. The highest BCUT2D eigenvalue weighted by Crippen LogP contribution is 2.33. The van der Waals surface area contributed by atoms with Gasteiger partial charge in [0, 0.05) is 30.9 Å². The average Bonchev–Trinajstić information content (AvgIpc) is 3.44. The number of carbonyl (C=O) groups excluding carboxylic acids is 5. The number of hydrogen-bond donors (Lipinski definition) is 2. The smallest absolute Gasteiger partial charge is 0.224 e. The first-order valence-corrected chi connectivity index (χ1v) is 12.2. The number of nitrogens with one attached hydrogen (secondary N) is 2. The molecule has 1 aliphatic rings. The summed E-state index contributed by atoms with van der Waals surface area (Å²) in [6.07, 6.45) is 2.08. The van der Waals surface area contributed by atoms with Gasteiger partial charge in [-0.25, -0.2) is 0 Å². The van der Waals surface area contributed by atoms with Crippen molar-refractivity contribution in [3.05, 3.63) is 17.5 Å². The zero-order valence-corrected chi connectivity index (χ0v) is 21.5. The van der Waals surface area contributed by atoms with E-state index < -0.39 is 40.8 Å². The minimum atomic E-state index is -0.840. The van der Waals surface area contributed by atoms with E-state index in [-0.39, 0.29) is 42.4 Å². The van der Waals surface area contributed by atoms with Crippen LogP contribution in [0.5, 0.6) is 0 Å². The lowest BCUT2D eigenvalue weighted by atomic mass is 9.76. The van der Waals surface area contributed by atoms with Crippen LogP contribution in [-0.2, 0) is 19.2 Å². The molecule has 188 valence electrons. The van der Waals surface area contributed by atoms with Gasteiger partial charge in [-0.3, -0.25) is 29.1 Å². The van der Waals surface area contributed by atoms with Crippen LogP contribution in [0.3, 0.4) is 0 Å². The molecule has 1 aliphatic carbocycles. The number of H-pyrrole nitrogens is 1. The van der Waals surface area contributed by atoms with Crippen molar-refractivity contribution >= 4 is 29.0 Å². The van der Waals surface area contributed by atoms with Gasteiger partial charge in [0.2, 0.25) is 11.7 Å². The van der Waals surface area contributed by atoms with Gasteiger partial charge in [0.15, 0.2) is 17.3 Å². The van der Waals surface area contributed by atoms with Gasteiger partial charge in [-0.2, -0.15) is 5.10 Å². The number of aromatic nitrogens is 2. The summed E-state index contributed by atoms with van der Waals surface area (Å²) in [5, 5.41) is 9.45. The van der Waals surface area contributed by atoms with Crippen molar-refractivity contribution in [1.82, 2.24) is 15.5 Å². The summed E-state index contributed by atoms with van der Waals surface area (Å²) in [5.41, 5.74) is 0.501. The molecule has 2 N–H and O–H groups in total. The van der Waals surface area contributed by atoms with Gasteiger partial charge in [-0.05, 0) is 50.0 Å². The number of aryl methyl sites for hydroxylation is 1. The van der Waals surface area contributed by atoms with Gasteiger partial charge in [0.1, 0.15) is 5.69 Å². The number of rotatable bonds is 13. The molecule has 1 aromatic rings. The van der Waals surface area contributed by atoms with Gasteiger partial charge < -0.3 is 5.32 Å². The molecule has 0 unspecified atom stereocenters. The normalized spacial score (nSPS) is 16.6. The van der Waals surface area contributed by atoms with Gasteiger partial charge in [-0.15, -0.1) is 0 Å². The Kier molecular flexibility index (Phi) is 9.08. The number of amides is 1. The van der Waals surface area contributed by atoms with Crippen molar-refractivity contribution in [2.45, 2.75) is 86.6 Å². The molecule has 0 saturated heterocycles. The minimum absolute atomic E-state index is 0.0384. The van der Waals surface area contributed by atoms with Crippen molar-refractivity contribution in [3.63, 3.8) is 0 Å². The van der Waals surface area contributed by atoms with Crippen LogP contribution in [0.1, 0.15) is 89.8 Å². The van der Waals surface area contributed by atoms with Crippen molar-refractivity contribution in [2.75, 3.05) is 0 Å². The van der Waals surface area contributed by atoms with Crippen LogP contribution in [-0.4, -0.2) is 45.3 Å². The Hall–Kier alpha value is -2.64. The van der Waals surface area contributed by atoms with E-state index in [1.54, 1.807) is 19.9 Å². The van der Waals surface area contributed by atoms with Crippen molar-refractivity contribution in [2.24, 2.45) is 29.1 Å². The third-order valence-corrected chi connectivity index (χ3v) is 6.59. The number of ketones is 4. The average molecular weight is 474 g/mol. The molecule has 1 saturated carbocycles. The molecule has 0 aromatic carbocycles. The van der Waals surface area contributed by atoms with E-state index in [4.69, 9.17) is 0 Å². The maximum absolute atomic E-state index is 13.1. The molecule has 1 amide bonds. The van der Waals surface area contributed by atoms with E-state index in [0.717, 1.165) is 18.5 Å². The minimum Gasteiger partial charge on any atom is -0.346 e. The van der Waals surface area contributed by atoms with E-state index in [1.165, 1.54) is 0 Å². The summed E-state index contributed by atoms with van der Waals surface area (Å²) in [7, 11) is 0. The Balaban J connectivity index is 2.03. The Labute approximate surface area is 202 Å². The van der Waals surface area contributed by atoms with Crippen LogP contribution in [0.25, 0.3) is 0 Å². The van der Waals surface area contributed by atoms with Crippen molar-refractivity contribution < 1.29 is 24.0 Å². The molecular formula is C26H39N3O5. The summed E-state index contributed by atoms with van der Waals surface area (Å²) in [4.78, 5) is 63.7. The maximum Gasteiger partial charge on any atom is 0.224 e. The molecule has 2 rings (SSSR count). The van der Waals surface area contributed by atoms with E-state index in [2.05, 4.69) is 15.5 Å². The molecule has 8 heteroatoms. The Morgan fingerprint density at radius 3 is 2.18 bits per heavy atom. The van der Waals surface area contributed by atoms with Crippen LogP contribution in [0.15, 0.2) is 6.07 Å². The lowest BCUT2D eigenvalue weighted by Crippen LogP contribution is -2.46. The third-order valence-electron chi connectivity index (χ3n) is 6.59. The summed E-state index contributed by atoms with van der Waals surface area (Å²) >= 11 is 0.